The van der Waals surface area contributed by atoms with Crippen LogP contribution in [0, 0.1) is 29.6 Å². The van der Waals surface area contributed by atoms with Gasteiger partial charge in [-0.3, -0.25) is 9.59 Å². The van der Waals surface area contributed by atoms with Crippen molar-refractivity contribution >= 4 is 11.9 Å². The molecule has 1 heterocycles. The summed E-state index contributed by atoms with van der Waals surface area (Å²) in [5.41, 5.74) is -0.587. The number of hydrogen-bond acceptors (Lipinski definition) is 4. The highest BCUT2D eigenvalue weighted by molar-refractivity contribution is 5.77. The summed E-state index contributed by atoms with van der Waals surface area (Å²) in [4.78, 5) is 24.7. The molecule has 4 heteroatoms. The minimum atomic E-state index is -0.587. The smallest absolute Gasteiger partial charge is 0.310 e. The van der Waals surface area contributed by atoms with Crippen LogP contribution < -0.4 is 0 Å². The Hall–Kier alpha value is -1.06. The van der Waals surface area contributed by atoms with E-state index in [2.05, 4.69) is 6.92 Å². The van der Waals surface area contributed by atoms with E-state index in [1.807, 2.05) is 20.8 Å². The number of ether oxygens (including phenoxy) is 2. The minimum Gasteiger partial charge on any atom is -0.462 e. The van der Waals surface area contributed by atoms with Gasteiger partial charge in [0.05, 0.1) is 11.8 Å². The fraction of sp³-hybridized carbons (Fsp3) is 0.889. The zero-order valence-corrected chi connectivity index (χ0v) is 14.1. The van der Waals surface area contributed by atoms with Gasteiger partial charge in [-0.1, -0.05) is 20.3 Å². The Morgan fingerprint density at radius 2 is 2.09 bits per heavy atom. The topological polar surface area (TPSA) is 52.6 Å². The molecule has 6 atom stereocenters. The number of carbonyl (C=O) groups excluding carboxylic acids is 2. The zero-order chi connectivity index (χ0) is 16.1. The molecule has 1 aliphatic heterocycles. The summed E-state index contributed by atoms with van der Waals surface area (Å²) < 4.78 is 11.4. The van der Waals surface area contributed by atoms with Gasteiger partial charge in [0.2, 0.25) is 0 Å². The second-order valence-electron chi connectivity index (χ2n) is 7.84. The van der Waals surface area contributed by atoms with Gasteiger partial charge in [0.25, 0.3) is 0 Å². The van der Waals surface area contributed by atoms with E-state index in [0.717, 1.165) is 32.1 Å². The normalized spacial score (nSPS) is 37.3. The van der Waals surface area contributed by atoms with Crippen molar-refractivity contribution < 1.29 is 19.1 Å². The second-order valence-corrected chi connectivity index (χ2v) is 7.84. The van der Waals surface area contributed by atoms with E-state index in [4.69, 9.17) is 9.47 Å². The van der Waals surface area contributed by atoms with E-state index in [1.165, 1.54) is 0 Å². The summed E-state index contributed by atoms with van der Waals surface area (Å²) in [5, 5.41) is 0. The quantitative estimate of drug-likeness (QED) is 0.706. The van der Waals surface area contributed by atoms with Crippen LogP contribution in [0.2, 0.25) is 0 Å². The largest absolute Gasteiger partial charge is 0.462 e. The van der Waals surface area contributed by atoms with Crippen molar-refractivity contribution in [1.82, 2.24) is 0 Å². The van der Waals surface area contributed by atoms with Gasteiger partial charge in [-0.2, -0.15) is 0 Å². The molecule has 0 aromatic carbocycles. The van der Waals surface area contributed by atoms with E-state index in [-0.39, 0.29) is 35.8 Å². The minimum absolute atomic E-state index is 0.0221. The van der Waals surface area contributed by atoms with Crippen LogP contribution in [0.25, 0.3) is 0 Å². The molecule has 2 aliphatic carbocycles. The molecule has 124 valence electrons. The third-order valence-electron chi connectivity index (χ3n) is 6.11. The molecule has 22 heavy (non-hydrogen) atoms. The number of fused-ring (bicyclic) bond motifs is 1. The van der Waals surface area contributed by atoms with Gasteiger partial charge >= 0.3 is 11.9 Å². The van der Waals surface area contributed by atoms with Gasteiger partial charge in [0.1, 0.15) is 11.7 Å². The molecule has 4 nitrogen and oxygen atoms in total. The molecule has 2 saturated carbocycles. The lowest BCUT2D eigenvalue weighted by atomic mass is 9.71. The highest BCUT2D eigenvalue weighted by atomic mass is 16.6. The van der Waals surface area contributed by atoms with E-state index >= 15 is 0 Å². The van der Waals surface area contributed by atoms with Crippen molar-refractivity contribution in [3.63, 3.8) is 0 Å². The molecule has 3 rings (SSSR count). The van der Waals surface area contributed by atoms with Gasteiger partial charge in [0, 0.05) is 11.8 Å². The number of carbonyl (C=O) groups is 2. The molecule has 3 fully saturated rings. The van der Waals surface area contributed by atoms with Crippen LogP contribution in [0.15, 0.2) is 0 Å². The predicted octanol–water partition coefficient (Wildman–Crippen LogP) is 3.33. The van der Waals surface area contributed by atoms with Crippen LogP contribution in [0.3, 0.4) is 0 Å². The second kappa shape index (κ2) is 5.54. The van der Waals surface area contributed by atoms with E-state index < -0.39 is 5.60 Å². The Balaban J connectivity index is 1.73. The maximum Gasteiger partial charge on any atom is 0.310 e. The van der Waals surface area contributed by atoms with Gasteiger partial charge in [-0.25, -0.2) is 0 Å². The van der Waals surface area contributed by atoms with Gasteiger partial charge in [0.15, 0.2) is 0 Å². The van der Waals surface area contributed by atoms with Crippen LogP contribution in [0.4, 0.5) is 0 Å². The van der Waals surface area contributed by atoms with Gasteiger partial charge in [-0.05, 0) is 45.4 Å². The Morgan fingerprint density at radius 3 is 2.73 bits per heavy atom. The van der Waals surface area contributed by atoms with Crippen LogP contribution in [0.5, 0.6) is 0 Å². The maximum absolute atomic E-state index is 12.5. The molecule has 0 N–H and O–H groups in total. The third-order valence-corrected chi connectivity index (χ3v) is 6.11. The van der Waals surface area contributed by atoms with Crippen molar-refractivity contribution in [3.8, 4) is 0 Å². The van der Waals surface area contributed by atoms with Crippen LogP contribution in [-0.2, 0) is 19.1 Å². The van der Waals surface area contributed by atoms with Gasteiger partial charge < -0.3 is 9.47 Å². The Labute approximate surface area is 132 Å². The average molecular weight is 308 g/mol. The summed E-state index contributed by atoms with van der Waals surface area (Å²) in [6.07, 6.45) is 4.80. The first-order valence-electron chi connectivity index (χ1n) is 8.82. The van der Waals surface area contributed by atoms with E-state index in [9.17, 15) is 9.59 Å². The molecular formula is C18H28O4. The third kappa shape index (κ3) is 2.35. The van der Waals surface area contributed by atoms with Gasteiger partial charge in [-0.15, -0.1) is 0 Å². The molecule has 6 unspecified atom stereocenters. The first-order chi connectivity index (χ1) is 10.4. The molecule has 0 spiro atoms. The summed E-state index contributed by atoms with van der Waals surface area (Å²) in [6.45, 7) is 8.09. The van der Waals surface area contributed by atoms with Crippen molar-refractivity contribution in [2.45, 2.75) is 71.5 Å². The molecular weight excluding hydrogens is 280 g/mol. The summed E-state index contributed by atoms with van der Waals surface area (Å²) in [6, 6.07) is 0. The summed E-state index contributed by atoms with van der Waals surface area (Å²) >= 11 is 0. The Kier molecular flexibility index (Phi) is 3.98. The number of hydrogen-bond donors (Lipinski definition) is 0. The average Bonchev–Trinajstić information content (AvgIpc) is 3.05. The number of rotatable bonds is 6. The molecule has 0 radical (unpaired) electrons. The van der Waals surface area contributed by atoms with E-state index in [0.29, 0.717) is 11.8 Å². The molecule has 1 saturated heterocycles. The predicted molar refractivity (Wildman–Crippen MR) is 81.9 cm³/mol. The Morgan fingerprint density at radius 1 is 1.36 bits per heavy atom. The lowest BCUT2D eigenvalue weighted by Crippen LogP contribution is -2.45. The molecule has 0 aromatic rings. The fourth-order valence-electron chi connectivity index (χ4n) is 5.23. The van der Waals surface area contributed by atoms with Crippen LogP contribution >= 0.6 is 0 Å². The first-order valence-corrected chi connectivity index (χ1v) is 8.82. The highest BCUT2D eigenvalue weighted by Gasteiger charge is 2.65. The van der Waals surface area contributed by atoms with Crippen LogP contribution in [0.1, 0.15) is 59.8 Å². The molecule has 0 amide bonds. The molecule has 2 bridgehead atoms. The number of esters is 2. The van der Waals surface area contributed by atoms with E-state index in [1.54, 1.807) is 0 Å². The fourth-order valence-corrected chi connectivity index (χ4v) is 5.23. The highest BCUT2D eigenvalue weighted by Crippen LogP contribution is 2.61. The summed E-state index contributed by atoms with van der Waals surface area (Å²) in [7, 11) is 0. The van der Waals surface area contributed by atoms with Crippen molar-refractivity contribution in [3.05, 3.63) is 0 Å². The maximum atomic E-state index is 12.5. The van der Waals surface area contributed by atoms with Crippen molar-refractivity contribution in [2.24, 2.45) is 29.6 Å². The standard InChI is InChI=1S/C18H28O4/c1-5-7-10(6-2)16(19)22-18(3,4)15-11-8-12-13(9-11)21-17(20)14(12)15/h10-15H,5-9H2,1-4H3. The Bertz CT molecular complexity index is 468. The van der Waals surface area contributed by atoms with Crippen molar-refractivity contribution in [2.75, 3.05) is 0 Å². The monoisotopic (exact) mass is 308 g/mol. The van der Waals surface area contributed by atoms with Crippen molar-refractivity contribution in [1.29, 1.82) is 0 Å². The lowest BCUT2D eigenvalue weighted by molar-refractivity contribution is -0.173. The molecule has 0 aromatic heterocycles. The summed E-state index contributed by atoms with van der Waals surface area (Å²) in [5.74, 6) is 0.694. The first kappa shape index (κ1) is 15.8. The van der Waals surface area contributed by atoms with Crippen LogP contribution in [-0.4, -0.2) is 23.6 Å². The SMILES string of the molecule is CCCC(CC)C(=O)OC(C)(C)C1C2CC3OC(=O)C1C3C2. The molecule has 3 aliphatic rings. The zero-order valence-electron chi connectivity index (χ0n) is 14.1. The lowest BCUT2D eigenvalue weighted by Gasteiger charge is -2.39.